The maximum Gasteiger partial charge on any atom is 0.242 e. The van der Waals surface area contributed by atoms with Gasteiger partial charge in [0.15, 0.2) is 0 Å². The number of nitrogens with two attached hydrogens (primary N) is 1. The number of nitrogens with zero attached hydrogens (tertiary/aromatic N) is 2. The van der Waals surface area contributed by atoms with Crippen molar-refractivity contribution in [1.82, 2.24) is 9.88 Å². The van der Waals surface area contributed by atoms with Crippen LogP contribution in [-0.4, -0.2) is 34.4 Å². The van der Waals surface area contributed by atoms with Crippen molar-refractivity contribution in [1.29, 1.82) is 0 Å². The zero-order valence-electron chi connectivity index (χ0n) is 13.1. The second kappa shape index (κ2) is 7.56. The Kier molecular flexibility index (Phi) is 6.63. The lowest BCUT2D eigenvalue weighted by atomic mass is 9.92. The lowest BCUT2D eigenvalue weighted by Crippen LogP contribution is -2.55. The maximum absolute atomic E-state index is 12.6. The molecule has 6 heteroatoms. The smallest absolute Gasteiger partial charge is 0.242 e. The number of thiazole rings is 1. The molecule has 4 nitrogen and oxygen atoms in total. The number of hydrogen-bond acceptors (Lipinski definition) is 4. The van der Waals surface area contributed by atoms with E-state index in [1.54, 1.807) is 11.3 Å². The predicted octanol–water partition coefficient (Wildman–Crippen LogP) is 3.10. The Bertz CT molecular complexity index is 475. The third-order valence-corrected chi connectivity index (χ3v) is 5.08. The van der Waals surface area contributed by atoms with Crippen LogP contribution in [0.3, 0.4) is 0 Å². The lowest BCUT2D eigenvalue weighted by molar-refractivity contribution is -0.137. The molecule has 2 unspecified atom stereocenters. The Labute approximate surface area is 137 Å². The van der Waals surface area contributed by atoms with Crippen molar-refractivity contribution in [3.63, 3.8) is 0 Å². The van der Waals surface area contributed by atoms with Gasteiger partial charge in [0.2, 0.25) is 5.91 Å². The van der Waals surface area contributed by atoms with Crippen LogP contribution in [0.4, 0.5) is 0 Å². The monoisotopic (exact) mass is 331 g/mol. The second-order valence-electron chi connectivity index (χ2n) is 6.08. The molecule has 1 amide bonds. The first kappa shape index (κ1) is 18.4. The normalized spacial score (nSPS) is 21.5. The summed E-state index contributed by atoms with van der Waals surface area (Å²) >= 11 is 1.71. The number of aryl methyl sites for hydroxylation is 1. The van der Waals surface area contributed by atoms with E-state index in [1.165, 1.54) is 0 Å². The molecule has 2 rings (SSSR count). The van der Waals surface area contributed by atoms with Gasteiger partial charge in [0.05, 0.1) is 10.5 Å². The number of halogens is 1. The van der Waals surface area contributed by atoms with E-state index in [0.29, 0.717) is 5.92 Å². The number of likely N-dealkylation sites (tertiary alicyclic amines) is 1. The van der Waals surface area contributed by atoms with Crippen molar-refractivity contribution < 1.29 is 4.79 Å². The van der Waals surface area contributed by atoms with E-state index in [4.69, 9.17) is 5.73 Å². The molecule has 0 saturated carbocycles. The van der Waals surface area contributed by atoms with Gasteiger partial charge < -0.3 is 10.6 Å². The Morgan fingerprint density at radius 2 is 2.33 bits per heavy atom. The largest absolute Gasteiger partial charge is 0.340 e. The van der Waals surface area contributed by atoms with Crippen LogP contribution in [0.25, 0.3) is 0 Å². The molecule has 1 aromatic rings. The van der Waals surface area contributed by atoms with E-state index in [-0.39, 0.29) is 18.3 Å². The SMILES string of the molecule is CCCC(C)(N)C(=O)N1CCCC(c2nc(C)cs2)C1.Cl. The maximum atomic E-state index is 12.6. The molecule has 120 valence electrons. The van der Waals surface area contributed by atoms with Gasteiger partial charge >= 0.3 is 0 Å². The first-order valence-electron chi connectivity index (χ1n) is 7.44. The van der Waals surface area contributed by atoms with Crippen LogP contribution in [0.5, 0.6) is 0 Å². The number of rotatable bonds is 4. The number of amides is 1. The molecule has 1 aliphatic rings. The Morgan fingerprint density at radius 3 is 2.90 bits per heavy atom. The molecule has 1 fully saturated rings. The fourth-order valence-corrected chi connectivity index (χ4v) is 3.84. The van der Waals surface area contributed by atoms with E-state index < -0.39 is 5.54 Å². The summed E-state index contributed by atoms with van der Waals surface area (Å²) in [5, 5.41) is 3.24. The van der Waals surface area contributed by atoms with Crippen LogP contribution in [0.1, 0.15) is 56.2 Å². The van der Waals surface area contributed by atoms with E-state index in [2.05, 4.69) is 17.3 Å². The van der Waals surface area contributed by atoms with Gasteiger partial charge in [-0.1, -0.05) is 13.3 Å². The molecule has 0 spiro atoms. The highest BCUT2D eigenvalue weighted by Crippen LogP contribution is 2.30. The summed E-state index contributed by atoms with van der Waals surface area (Å²) in [7, 11) is 0. The van der Waals surface area contributed by atoms with Gasteiger partial charge in [0.25, 0.3) is 0 Å². The Balaban J connectivity index is 0.00000220. The highest BCUT2D eigenvalue weighted by Gasteiger charge is 2.35. The summed E-state index contributed by atoms with van der Waals surface area (Å²) < 4.78 is 0. The summed E-state index contributed by atoms with van der Waals surface area (Å²) in [4.78, 5) is 19.1. The molecule has 1 saturated heterocycles. The molecule has 21 heavy (non-hydrogen) atoms. The highest BCUT2D eigenvalue weighted by molar-refractivity contribution is 7.09. The molecule has 0 radical (unpaired) electrons. The van der Waals surface area contributed by atoms with Gasteiger partial charge in [0.1, 0.15) is 0 Å². The topological polar surface area (TPSA) is 59.2 Å². The van der Waals surface area contributed by atoms with Gasteiger partial charge in [-0.05, 0) is 33.1 Å². The van der Waals surface area contributed by atoms with Crippen molar-refractivity contribution in [2.24, 2.45) is 5.73 Å². The zero-order valence-corrected chi connectivity index (χ0v) is 14.7. The minimum atomic E-state index is -0.727. The summed E-state index contributed by atoms with van der Waals surface area (Å²) in [5.74, 6) is 0.473. The Morgan fingerprint density at radius 1 is 1.62 bits per heavy atom. The number of carbonyl (C=O) groups is 1. The summed E-state index contributed by atoms with van der Waals surface area (Å²) in [6.07, 6.45) is 3.83. The van der Waals surface area contributed by atoms with Gasteiger partial charge in [-0.3, -0.25) is 4.79 Å². The molecule has 0 bridgehead atoms. The zero-order chi connectivity index (χ0) is 14.8. The van der Waals surface area contributed by atoms with Crippen LogP contribution in [0.2, 0.25) is 0 Å². The fraction of sp³-hybridized carbons (Fsp3) is 0.733. The average molecular weight is 332 g/mol. The highest BCUT2D eigenvalue weighted by atomic mass is 35.5. The van der Waals surface area contributed by atoms with E-state index in [0.717, 1.165) is 49.5 Å². The molecule has 2 heterocycles. The quantitative estimate of drug-likeness (QED) is 0.922. The summed E-state index contributed by atoms with van der Waals surface area (Å²) in [5.41, 5.74) is 6.53. The van der Waals surface area contributed by atoms with Crippen LogP contribution >= 0.6 is 23.7 Å². The Hall–Kier alpha value is -0.650. The van der Waals surface area contributed by atoms with Crippen LogP contribution < -0.4 is 5.73 Å². The number of aromatic nitrogens is 1. The van der Waals surface area contributed by atoms with Crippen molar-refractivity contribution in [2.45, 2.75) is 57.9 Å². The van der Waals surface area contributed by atoms with Gasteiger partial charge in [-0.25, -0.2) is 4.98 Å². The van der Waals surface area contributed by atoms with Gasteiger partial charge in [-0.2, -0.15) is 0 Å². The number of hydrogen-bond donors (Lipinski definition) is 1. The van der Waals surface area contributed by atoms with Crippen molar-refractivity contribution in [2.75, 3.05) is 13.1 Å². The number of piperidine rings is 1. The van der Waals surface area contributed by atoms with E-state index in [9.17, 15) is 4.79 Å². The molecular weight excluding hydrogens is 306 g/mol. The van der Waals surface area contributed by atoms with Crippen molar-refractivity contribution >= 4 is 29.7 Å². The van der Waals surface area contributed by atoms with E-state index >= 15 is 0 Å². The summed E-state index contributed by atoms with van der Waals surface area (Å²) in [6.45, 7) is 7.54. The third kappa shape index (κ3) is 4.41. The molecule has 2 N–H and O–H groups in total. The van der Waals surface area contributed by atoms with E-state index in [1.807, 2.05) is 18.7 Å². The lowest BCUT2D eigenvalue weighted by Gasteiger charge is -2.37. The first-order valence-corrected chi connectivity index (χ1v) is 8.32. The molecule has 0 aliphatic carbocycles. The standard InChI is InChI=1S/C15H25N3OS.ClH/c1-4-7-15(3,16)14(19)18-8-5-6-12(9-18)13-17-11(2)10-20-13;/h10,12H,4-9,16H2,1-3H3;1H. The predicted molar refractivity (Wildman–Crippen MR) is 90.2 cm³/mol. The summed E-state index contributed by atoms with van der Waals surface area (Å²) in [6, 6.07) is 0. The third-order valence-electron chi connectivity index (χ3n) is 3.95. The van der Waals surface area contributed by atoms with Crippen LogP contribution in [-0.2, 0) is 4.79 Å². The minimum absolute atomic E-state index is 0. The first-order chi connectivity index (χ1) is 9.44. The fourth-order valence-electron chi connectivity index (χ4n) is 2.91. The molecule has 0 aromatic carbocycles. The molecular formula is C15H26ClN3OS. The molecule has 1 aliphatic heterocycles. The second-order valence-corrected chi connectivity index (χ2v) is 6.97. The van der Waals surface area contributed by atoms with Crippen molar-refractivity contribution in [3.8, 4) is 0 Å². The van der Waals surface area contributed by atoms with Crippen molar-refractivity contribution in [3.05, 3.63) is 16.1 Å². The average Bonchev–Trinajstić information content (AvgIpc) is 2.85. The molecule has 1 aromatic heterocycles. The van der Waals surface area contributed by atoms with Gasteiger partial charge in [0, 0.05) is 30.1 Å². The molecule has 2 atom stereocenters. The van der Waals surface area contributed by atoms with Crippen LogP contribution in [0.15, 0.2) is 5.38 Å². The number of carbonyl (C=O) groups excluding carboxylic acids is 1. The van der Waals surface area contributed by atoms with Gasteiger partial charge in [-0.15, -0.1) is 23.7 Å². The van der Waals surface area contributed by atoms with Crippen LogP contribution in [0, 0.1) is 6.92 Å². The minimum Gasteiger partial charge on any atom is -0.340 e.